The third-order valence-electron chi connectivity index (χ3n) is 4.51. The Bertz CT molecular complexity index is 177. The van der Waals surface area contributed by atoms with Gasteiger partial charge in [-0.25, -0.2) is 20.1 Å². The minimum Gasteiger partial charge on any atom is -0.243 e. The molecule has 2 heteroatoms. The molecule has 0 heterocycles. The Kier molecular flexibility index (Phi) is 3.80. The van der Waals surface area contributed by atoms with E-state index in [0.717, 1.165) is 0 Å². The Balaban J connectivity index is 5.30. The summed E-state index contributed by atoms with van der Waals surface area (Å²) in [5, 5.41) is 0. The van der Waals surface area contributed by atoms with Crippen LogP contribution in [0.5, 0.6) is 0 Å². The van der Waals surface area contributed by atoms with Gasteiger partial charge in [-0.3, -0.25) is 0 Å². The van der Waals surface area contributed by atoms with Crippen molar-refractivity contribution in [3.63, 3.8) is 0 Å². The lowest BCUT2D eigenvalue weighted by Crippen LogP contribution is -2.50. The molecule has 0 radical (unpaired) electrons. The van der Waals surface area contributed by atoms with Crippen LogP contribution in [-0.2, 0) is 0 Å². The lowest BCUT2D eigenvalue weighted by molar-refractivity contribution is 0.539. The van der Waals surface area contributed by atoms with Crippen molar-refractivity contribution in [3.8, 4) is 0 Å². The maximum Gasteiger partial charge on any atom is 0.00661 e. The predicted molar refractivity (Wildman–Crippen MR) is 78.9 cm³/mol. The van der Waals surface area contributed by atoms with Crippen LogP contribution in [-0.4, -0.2) is 47.0 Å². The fourth-order valence-electron chi connectivity index (χ4n) is 1.47. The quantitative estimate of drug-likeness (QED) is 0.699. The molecule has 0 aromatic carbocycles. The molecule has 0 bridgehead atoms. The van der Waals surface area contributed by atoms with Gasteiger partial charge < -0.3 is 0 Å². The van der Waals surface area contributed by atoms with Gasteiger partial charge in [-0.2, -0.15) is 0 Å². The van der Waals surface area contributed by atoms with Crippen LogP contribution in [0.25, 0.3) is 0 Å². The van der Waals surface area contributed by atoms with Gasteiger partial charge in [-0.05, 0) is 37.5 Å². The largest absolute Gasteiger partial charge is 0.243 e. The molecule has 0 aliphatic rings. The molecule has 14 heavy (non-hydrogen) atoms. The highest BCUT2D eigenvalue weighted by Crippen LogP contribution is 2.66. The summed E-state index contributed by atoms with van der Waals surface area (Å²) in [6, 6.07) is 0. The van der Waals surface area contributed by atoms with Gasteiger partial charge in [0.05, 0.1) is 0 Å². The van der Waals surface area contributed by atoms with Gasteiger partial charge in [-0.15, -0.1) is 0 Å². The zero-order chi connectivity index (χ0) is 12.0. The second-order valence-electron chi connectivity index (χ2n) is 6.69. The average molecular weight is 239 g/mol. The van der Waals surface area contributed by atoms with Crippen molar-refractivity contribution in [2.24, 2.45) is 0 Å². The molecule has 0 saturated carbocycles. The normalized spacial score (nSPS) is 18.1. The second kappa shape index (κ2) is 3.62. The summed E-state index contributed by atoms with van der Waals surface area (Å²) in [7, 11) is -1.04. The molecule has 0 rings (SSSR count). The molecule has 0 aliphatic carbocycles. The Labute approximate surface area is 94.9 Å². The predicted octanol–water partition coefficient (Wildman–Crippen LogP) is 3.93. The Morgan fingerprint density at radius 1 is 0.500 bits per heavy atom. The topological polar surface area (TPSA) is 0 Å². The van der Waals surface area contributed by atoms with E-state index in [1.54, 1.807) is 0 Å². The molecular weight excluding hydrogens is 208 g/mol. The molecule has 0 unspecified atom stereocenters. The highest BCUT2D eigenvalue weighted by atomic mass is 32.3. The van der Waals surface area contributed by atoms with Crippen LogP contribution in [0.1, 0.15) is 27.7 Å². The first-order chi connectivity index (χ1) is 5.75. The SMILES string of the molecule is CC(C)(C(C)(C)S(C)(C)C)S(C)(C)C. The van der Waals surface area contributed by atoms with Crippen LogP contribution < -0.4 is 0 Å². The van der Waals surface area contributed by atoms with E-state index in [2.05, 4.69) is 65.2 Å². The molecule has 0 aliphatic heterocycles. The number of hydrogen-bond donors (Lipinski definition) is 0. The van der Waals surface area contributed by atoms with Crippen LogP contribution >= 0.6 is 20.1 Å². The van der Waals surface area contributed by atoms with Crippen LogP contribution in [0.3, 0.4) is 0 Å². The zero-order valence-electron chi connectivity index (χ0n) is 11.8. The molecule has 90 valence electrons. The lowest BCUT2D eigenvalue weighted by Gasteiger charge is -2.61. The molecular formula is C12H30S2. The maximum atomic E-state index is 2.46. The summed E-state index contributed by atoms with van der Waals surface area (Å²) >= 11 is 0. The maximum absolute atomic E-state index is 2.46. The number of rotatable bonds is 3. The first-order valence-electron chi connectivity index (χ1n) is 5.11. The second-order valence-corrected chi connectivity index (χ2v) is 16.1. The molecule has 0 aromatic heterocycles. The summed E-state index contributed by atoms with van der Waals surface area (Å²) in [6.45, 7) is 9.84. The smallest absolute Gasteiger partial charge is 0.00661 e. The summed E-state index contributed by atoms with van der Waals surface area (Å²) in [5.74, 6) is 0. The van der Waals surface area contributed by atoms with E-state index in [1.165, 1.54) is 0 Å². The van der Waals surface area contributed by atoms with E-state index < -0.39 is 20.1 Å². The van der Waals surface area contributed by atoms with E-state index in [9.17, 15) is 0 Å². The fourth-order valence-corrected chi connectivity index (χ4v) is 5.92. The third kappa shape index (κ3) is 2.27. The van der Waals surface area contributed by atoms with Gasteiger partial charge in [0.1, 0.15) is 0 Å². The van der Waals surface area contributed by atoms with Crippen LogP contribution in [0.2, 0.25) is 0 Å². The van der Waals surface area contributed by atoms with E-state index in [4.69, 9.17) is 0 Å². The minimum atomic E-state index is -0.522. The molecule has 0 fully saturated rings. The average Bonchev–Trinajstić information content (AvgIpc) is 1.81. The van der Waals surface area contributed by atoms with E-state index >= 15 is 0 Å². The van der Waals surface area contributed by atoms with E-state index in [-0.39, 0.29) is 0 Å². The van der Waals surface area contributed by atoms with Crippen molar-refractivity contribution >= 4 is 20.1 Å². The molecule has 0 nitrogen and oxygen atoms in total. The summed E-state index contributed by atoms with van der Waals surface area (Å²) in [4.78, 5) is 0. The van der Waals surface area contributed by atoms with Crippen molar-refractivity contribution in [1.29, 1.82) is 0 Å². The van der Waals surface area contributed by atoms with Crippen LogP contribution in [0, 0.1) is 0 Å². The van der Waals surface area contributed by atoms with Crippen molar-refractivity contribution in [2.75, 3.05) is 37.5 Å². The molecule has 0 aromatic rings. The van der Waals surface area contributed by atoms with E-state index in [1.807, 2.05) is 0 Å². The first kappa shape index (κ1) is 14.7. The standard InChI is InChI=1S/C12H30S2/c1-11(2,13(5,6)7)12(3,4)14(8,9)10/h1-10H3. The van der Waals surface area contributed by atoms with Gasteiger partial charge in [0.25, 0.3) is 0 Å². The van der Waals surface area contributed by atoms with E-state index in [0.29, 0.717) is 9.49 Å². The molecule has 0 amide bonds. The molecule has 0 saturated heterocycles. The van der Waals surface area contributed by atoms with Gasteiger partial charge in [0.15, 0.2) is 0 Å². The van der Waals surface area contributed by atoms with Crippen molar-refractivity contribution in [2.45, 2.75) is 37.2 Å². The third-order valence-corrected chi connectivity index (χ3v) is 11.8. The highest BCUT2D eigenvalue weighted by molar-refractivity contribution is 8.36. The summed E-state index contributed by atoms with van der Waals surface area (Å²) in [6.07, 6.45) is 14.7. The van der Waals surface area contributed by atoms with Gasteiger partial charge >= 0.3 is 0 Å². The van der Waals surface area contributed by atoms with Crippen molar-refractivity contribution in [1.82, 2.24) is 0 Å². The van der Waals surface area contributed by atoms with Gasteiger partial charge in [0.2, 0.25) is 0 Å². The van der Waals surface area contributed by atoms with Crippen molar-refractivity contribution in [3.05, 3.63) is 0 Å². The number of hydrogen-bond acceptors (Lipinski definition) is 0. The van der Waals surface area contributed by atoms with Crippen LogP contribution in [0.4, 0.5) is 0 Å². The minimum absolute atomic E-state index is 0.438. The molecule has 0 N–H and O–H groups in total. The Morgan fingerprint density at radius 2 is 0.643 bits per heavy atom. The fraction of sp³-hybridized carbons (Fsp3) is 1.00. The van der Waals surface area contributed by atoms with Crippen LogP contribution in [0.15, 0.2) is 0 Å². The van der Waals surface area contributed by atoms with Gasteiger partial charge in [0, 0.05) is 9.49 Å². The summed E-state index contributed by atoms with van der Waals surface area (Å²) < 4.78 is 0.876. The molecule has 0 atom stereocenters. The monoisotopic (exact) mass is 238 g/mol. The lowest BCUT2D eigenvalue weighted by atomic mass is 9.98. The Hall–Kier alpha value is 0.700. The highest BCUT2D eigenvalue weighted by Gasteiger charge is 2.47. The van der Waals surface area contributed by atoms with Gasteiger partial charge in [-0.1, -0.05) is 27.7 Å². The van der Waals surface area contributed by atoms with Crippen molar-refractivity contribution < 1.29 is 0 Å². The molecule has 0 spiro atoms. The summed E-state index contributed by atoms with van der Waals surface area (Å²) in [5.41, 5.74) is 0. The first-order valence-corrected chi connectivity index (χ1v) is 10.8. The zero-order valence-corrected chi connectivity index (χ0v) is 13.4. The Morgan fingerprint density at radius 3 is 0.714 bits per heavy atom.